The molecule has 2 aromatic rings. The van der Waals surface area contributed by atoms with E-state index in [2.05, 4.69) is 4.98 Å². The molecule has 0 spiro atoms. The summed E-state index contributed by atoms with van der Waals surface area (Å²) in [5.74, 6) is -0.469. The molecule has 0 atom stereocenters. The van der Waals surface area contributed by atoms with Crippen molar-refractivity contribution >= 4 is 29.4 Å². The molecule has 2 N–H and O–H groups in total. The maximum atomic E-state index is 13.4. The Morgan fingerprint density at radius 2 is 1.84 bits per heavy atom. The van der Waals surface area contributed by atoms with Gasteiger partial charge in [-0.25, -0.2) is 4.98 Å². The minimum absolute atomic E-state index is 0.0741. The topological polar surface area (TPSA) is 125 Å². The molecule has 4 rings (SSSR count). The van der Waals surface area contributed by atoms with Crippen LogP contribution in [0.1, 0.15) is 37.7 Å². The van der Waals surface area contributed by atoms with E-state index < -0.39 is 0 Å². The Morgan fingerprint density at radius 3 is 2.50 bits per heavy atom. The molecular weight excluding hydrogens is 408 g/mol. The molecule has 4 heterocycles. The number of anilines is 1. The zero-order valence-electron chi connectivity index (χ0n) is 17.9. The molecular formula is C23H26N6O3. The molecule has 2 saturated heterocycles. The lowest BCUT2D eigenvalue weighted by atomic mass is 9.96. The van der Waals surface area contributed by atoms with Crippen molar-refractivity contribution in [2.24, 2.45) is 11.7 Å². The molecule has 166 valence electrons. The second kappa shape index (κ2) is 9.22. The molecule has 0 saturated carbocycles. The number of rotatable bonds is 4. The summed E-state index contributed by atoms with van der Waals surface area (Å²) in [5, 5.41) is 9.73. The average Bonchev–Trinajstić information content (AvgIpc) is 2.83. The van der Waals surface area contributed by atoms with E-state index in [9.17, 15) is 19.6 Å². The van der Waals surface area contributed by atoms with Gasteiger partial charge < -0.3 is 15.5 Å². The Hall–Kier alpha value is -3.67. The van der Waals surface area contributed by atoms with Crippen molar-refractivity contribution in [1.29, 1.82) is 5.26 Å². The Balaban J connectivity index is 1.77. The van der Waals surface area contributed by atoms with E-state index in [0.717, 1.165) is 19.3 Å². The summed E-state index contributed by atoms with van der Waals surface area (Å²) in [4.78, 5) is 46.1. The maximum absolute atomic E-state index is 13.4. The normalized spacial score (nSPS) is 17.9. The highest BCUT2D eigenvalue weighted by Gasteiger charge is 2.27. The number of likely N-dealkylation sites (tertiary alicyclic amines) is 1. The Kier molecular flexibility index (Phi) is 6.21. The summed E-state index contributed by atoms with van der Waals surface area (Å²) < 4.78 is 1.41. The third-order valence-corrected chi connectivity index (χ3v) is 6.23. The largest absolute Gasteiger partial charge is 0.369 e. The quantitative estimate of drug-likeness (QED) is 0.571. The first-order valence-corrected chi connectivity index (χ1v) is 11.0. The first-order chi connectivity index (χ1) is 15.5. The van der Waals surface area contributed by atoms with Crippen LogP contribution in [0.15, 0.2) is 34.8 Å². The summed E-state index contributed by atoms with van der Waals surface area (Å²) in [6.07, 6.45) is 7.00. The number of pyridine rings is 1. The monoisotopic (exact) mass is 434 g/mol. The molecule has 0 aromatic carbocycles. The predicted octanol–water partition coefficient (Wildman–Crippen LogP) is 1.32. The van der Waals surface area contributed by atoms with E-state index in [1.807, 2.05) is 11.0 Å². The second-order valence-electron chi connectivity index (χ2n) is 8.27. The fourth-order valence-electron chi connectivity index (χ4n) is 4.39. The zero-order valence-corrected chi connectivity index (χ0v) is 17.9. The Labute approximate surface area is 185 Å². The predicted molar refractivity (Wildman–Crippen MR) is 120 cm³/mol. The van der Waals surface area contributed by atoms with Crippen LogP contribution < -0.4 is 16.2 Å². The lowest BCUT2D eigenvalue weighted by Gasteiger charge is -2.32. The number of amides is 2. The van der Waals surface area contributed by atoms with E-state index in [0.29, 0.717) is 50.5 Å². The molecule has 2 amide bonds. The van der Waals surface area contributed by atoms with Crippen LogP contribution in [0.4, 0.5) is 5.82 Å². The van der Waals surface area contributed by atoms with Gasteiger partial charge in [0.15, 0.2) is 0 Å². The van der Waals surface area contributed by atoms with Crippen molar-refractivity contribution < 1.29 is 9.59 Å². The highest BCUT2D eigenvalue weighted by molar-refractivity contribution is 6.02. The van der Waals surface area contributed by atoms with Gasteiger partial charge in [-0.1, -0.05) is 6.07 Å². The molecule has 0 aliphatic carbocycles. The van der Waals surface area contributed by atoms with Crippen LogP contribution in [-0.2, 0) is 9.59 Å². The molecule has 2 aromatic heterocycles. The Bertz CT molecular complexity index is 1160. The zero-order chi connectivity index (χ0) is 22.7. The van der Waals surface area contributed by atoms with Gasteiger partial charge in [-0.2, -0.15) is 5.26 Å². The van der Waals surface area contributed by atoms with Crippen molar-refractivity contribution in [2.75, 3.05) is 31.1 Å². The van der Waals surface area contributed by atoms with Gasteiger partial charge in [-0.3, -0.25) is 18.8 Å². The lowest BCUT2D eigenvalue weighted by molar-refractivity contribution is -0.127. The standard InChI is InChI=1S/C23H26N6O3/c24-15-17(22(31)28-9-3-1-4-10-28)14-18-21(27-12-7-16(8-13-27)20(25)30)26-19-6-2-5-11-29(19)23(18)32/h2,5-6,11,14,16H,1,3-4,7-10,12-13H2,(H2,25,30)/b17-14+. The number of carbonyl (C=O) groups excluding carboxylic acids is 2. The van der Waals surface area contributed by atoms with Crippen LogP contribution >= 0.6 is 0 Å². The van der Waals surface area contributed by atoms with E-state index >= 15 is 0 Å². The van der Waals surface area contributed by atoms with Gasteiger partial charge in [-0.15, -0.1) is 0 Å². The minimum Gasteiger partial charge on any atom is -0.369 e. The number of hydrogen-bond donors (Lipinski definition) is 1. The molecule has 9 nitrogen and oxygen atoms in total. The Morgan fingerprint density at radius 1 is 1.12 bits per heavy atom. The third kappa shape index (κ3) is 4.21. The number of hydrogen-bond acceptors (Lipinski definition) is 6. The van der Waals surface area contributed by atoms with Crippen LogP contribution in [0.3, 0.4) is 0 Å². The number of aromatic nitrogens is 2. The van der Waals surface area contributed by atoms with Gasteiger partial charge in [-0.05, 0) is 50.3 Å². The first-order valence-electron chi connectivity index (χ1n) is 11.0. The van der Waals surface area contributed by atoms with Crippen molar-refractivity contribution in [3.63, 3.8) is 0 Å². The number of primary amides is 1. The number of carbonyl (C=O) groups is 2. The molecule has 9 heteroatoms. The highest BCUT2D eigenvalue weighted by Crippen LogP contribution is 2.26. The van der Waals surface area contributed by atoms with Gasteiger partial charge in [0.05, 0.1) is 5.56 Å². The molecule has 32 heavy (non-hydrogen) atoms. The number of nitrogens with zero attached hydrogens (tertiary/aromatic N) is 5. The van der Waals surface area contributed by atoms with E-state index in [1.54, 1.807) is 29.3 Å². The van der Waals surface area contributed by atoms with Crippen molar-refractivity contribution in [3.05, 3.63) is 45.9 Å². The van der Waals surface area contributed by atoms with Gasteiger partial charge in [0.25, 0.3) is 11.5 Å². The minimum atomic E-state index is -0.358. The first kappa shape index (κ1) is 21.6. The van der Waals surface area contributed by atoms with Crippen LogP contribution in [-0.4, -0.2) is 52.3 Å². The summed E-state index contributed by atoms with van der Waals surface area (Å²) in [7, 11) is 0. The second-order valence-corrected chi connectivity index (χ2v) is 8.27. The summed E-state index contributed by atoms with van der Waals surface area (Å²) in [5.41, 5.74) is 5.71. The number of nitrogens with two attached hydrogens (primary N) is 1. The van der Waals surface area contributed by atoms with Gasteiger partial charge in [0.2, 0.25) is 5.91 Å². The van der Waals surface area contributed by atoms with E-state index in [4.69, 9.17) is 5.73 Å². The molecule has 2 fully saturated rings. The number of nitriles is 1. The summed E-state index contributed by atoms with van der Waals surface area (Å²) >= 11 is 0. The highest BCUT2D eigenvalue weighted by atomic mass is 16.2. The molecule has 0 unspecified atom stereocenters. The number of piperidine rings is 2. The third-order valence-electron chi connectivity index (χ3n) is 6.23. The van der Waals surface area contributed by atoms with Crippen molar-refractivity contribution in [3.8, 4) is 6.07 Å². The van der Waals surface area contributed by atoms with Crippen LogP contribution in [0.2, 0.25) is 0 Å². The smallest absolute Gasteiger partial charge is 0.267 e. The molecule has 2 aliphatic rings. The summed E-state index contributed by atoms with van der Waals surface area (Å²) in [6.45, 7) is 2.23. The van der Waals surface area contributed by atoms with E-state index in [-0.39, 0.29) is 34.4 Å². The molecule has 0 bridgehead atoms. The summed E-state index contributed by atoms with van der Waals surface area (Å²) in [6, 6.07) is 7.24. The number of fused-ring (bicyclic) bond motifs is 1. The van der Waals surface area contributed by atoms with Crippen LogP contribution in [0.5, 0.6) is 0 Å². The molecule has 0 radical (unpaired) electrons. The van der Waals surface area contributed by atoms with Crippen molar-refractivity contribution in [2.45, 2.75) is 32.1 Å². The van der Waals surface area contributed by atoms with Crippen molar-refractivity contribution in [1.82, 2.24) is 14.3 Å². The fourth-order valence-corrected chi connectivity index (χ4v) is 4.39. The fraction of sp³-hybridized carbons (Fsp3) is 0.435. The van der Waals surface area contributed by atoms with Crippen LogP contribution in [0, 0.1) is 17.2 Å². The van der Waals surface area contributed by atoms with E-state index in [1.165, 1.54) is 10.5 Å². The van der Waals surface area contributed by atoms with Gasteiger partial charge in [0.1, 0.15) is 23.1 Å². The SMILES string of the molecule is N#C/C(=C\c1c(N2CCC(C(N)=O)CC2)nc2ccccn2c1=O)C(=O)N1CCCCC1. The maximum Gasteiger partial charge on any atom is 0.267 e. The lowest BCUT2D eigenvalue weighted by Crippen LogP contribution is -2.40. The van der Waals surface area contributed by atoms with Crippen LogP contribution in [0.25, 0.3) is 11.7 Å². The molecule has 2 aliphatic heterocycles. The van der Waals surface area contributed by atoms with Gasteiger partial charge >= 0.3 is 0 Å². The average molecular weight is 435 g/mol. The van der Waals surface area contributed by atoms with Gasteiger partial charge in [0, 0.05) is 38.3 Å².